The molecule has 1 heteroatoms. The lowest BCUT2D eigenvalue weighted by molar-refractivity contribution is 0.318. The van der Waals surface area contributed by atoms with Crippen LogP contribution in [0.1, 0.15) is 43.4 Å². The molecule has 1 nitrogen and oxygen atoms in total. The largest absolute Gasteiger partial charge is 0.324 e. The summed E-state index contributed by atoms with van der Waals surface area (Å²) in [4.78, 5) is 0. The van der Waals surface area contributed by atoms with Gasteiger partial charge in [-0.1, -0.05) is 49.2 Å². The molecule has 1 atom stereocenters. The van der Waals surface area contributed by atoms with Crippen LogP contribution in [0.15, 0.2) is 24.3 Å². The van der Waals surface area contributed by atoms with E-state index in [2.05, 4.69) is 52.0 Å². The highest BCUT2D eigenvalue weighted by atomic mass is 14.6. The average Bonchev–Trinajstić information content (AvgIpc) is 2.12. The SMILES string of the molecule is Cc1cc(C)cc(C2=CC(N)CC(C)(C)C2)c1. The van der Waals surface area contributed by atoms with E-state index < -0.39 is 0 Å². The van der Waals surface area contributed by atoms with Crippen molar-refractivity contribution in [3.05, 3.63) is 41.0 Å². The Labute approximate surface area is 105 Å². The molecule has 1 aliphatic rings. The first-order valence-corrected chi connectivity index (χ1v) is 6.41. The maximum Gasteiger partial charge on any atom is 0.0234 e. The normalized spacial score (nSPS) is 23.4. The first-order valence-electron chi connectivity index (χ1n) is 6.41. The standard InChI is InChI=1S/C16H23N/c1-11-5-12(2)7-13(6-11)14-8-15(17)10-16(3,4)9-14/h5-8,15H,9-10,17H2,1-4H3. The van der Waals surface area contributed by atoms with Crippen LogP contribution in [-0.2, 0) is 0 Å². The predicted octanol–water partition coefficient (Wildman–Crippen LogP) is 3.83. The quantitative estimate of drug-likeness (QED) is 0.778. The number of hydrogen-bond acceptors (Lipinski definition) is 1. The van der Waals surface area contributed by atoms with Crippen molar-refractivity contribution < 1.29 is 0 Å². The van der Waals surface area contributed by atoms with Crippen molar-refractivity contribution in [1.82, 2.24) is 0 Å². The summed E-state index contributed by atoms with van der Waals surface area (Å²) in [7, 11) is 0. The molecule has 0 aliphatic heterocycles. The number of benzene rings is 1. The predicted molar refractivity (Wildman–Crippen MR) is 74.9 cm³/mol. The van der Waals surface area contributed by atoms with E-state index in [1.165, 1.54) is 22.3 Å². The molecule has 0 bridgehead atoms. The molecule has 0 saturated heterocycles. The van der Waals surface area contributed by atoms with Crippen molar-refractivity contribution in [3.63, 3.8) is 0 Å². The monoisotopic (exact) mass is 229 g/mol. The van der Waals surface area contributed by atoms with Gasteiger partial charge in [-0.3, -0.25) is 0 Å². The van der Waals surface area contributed by atoms with Crippen LogP contribution in [0.4, 0.5) is 0 Å². The fourth-order valence-corrected chi connectivity index (χ4v) is 2.96. The summed E-state index contributed by atoms with van der Waals surface area (Å²) < 4.78 is 0. The Morgan fingerprint density at radius 2 is 1.71 bits per heavy atom. The lowest BCUT2D eigenvalue weighted by atomic mass is 9.74. The van der Waals surface area contributed by atoms with Crippen molar-refractivity contribution in [2.24, 2.45) is 11.1 Å². The molecule has 1 aromatic rings. The van der Waals surface area contributed by atoms with Gasteiger partial charge in [0.2, 0.25) is 0 Å². The molecule has 1 aromatic carbocycles. The van der Waals surface area contributed by atoms with Gasteiger partial charge in [-0.2, -0.15) is 0 Å². The van der Waals surface area contributed by atoms with Gasteiger partial charge >= 0.3 is 0 Å². The minimum atomic E-state index is 0.203. The van der Waals surface area contributed by atoms with Gasteiger partial charge in [0, 0.05) is 6.04 Å². The second kappa shape index (κ2) is 4.30. The molecule has 0 saturated carbocycles. The zero-order valence-electron chi connectivity index (χ0n) is 11.4. The molecule has 1 aliphatic carbocycles. The number of allylic oxidation sites excluding steroid dienone is 1. The lowest BCUT2D eigenvalue weighted by Gasteiger charge is -2.33. The summed E-state index contributed by atoms with van der Waals surface area (Å²) in [6, 6.07) is 6.97. The van der Waals surface area contributed by atoms with Gasteiger partial charge in [-0.25, -0.2) is 0 Å². The number of nitrogens with two attached hydrogens (primary N) is 1. The van der Waals surface area contributed by atoms with Crippen molar-refractivity contribution in [2.45, 2.75) is 46.6 Å². The van der Waals surface area contributed by atoms with Crippen molar-refractivity contribution in [1.29, 1.82) is 0 Å². The number of hydrogen-bond donors (Lipinski definition) is 1. The first-order chi connectivity index (χ1) is 7.85. The summed E-state index contributed by atoms with van der Waals surface area (Å²) >= 11 is 0. The van der Waals surface area contributed by atoms with E-state index in [9.17, 15) is 0 Å². The zero-order chi connectivity index (χ0) is 12.6. The van der Waals surface area contributed by atoms with E-state index in [-0.39, 0.29) is 6.04 Å². The molecule has 92 valence electrons. The van der Waals surface area contributed by atoms with E-state index in [0.29, 0.717) is 5.41 Å². The Morgan fingerprint density at radius 3 is 2.24 bits per heavy atom. The molecule has 0 amide bonds. The molecule has 0 radical (unpaired) electrons. The molecule has 0 fully saturated rings. The second-order valence-electron chi connectivity index (χ2n) is 6.28. The van der Waals surface area contributed by atoms with Crippen LogP contribution in [-0.4, -0.2) is 6.04 Å². The highest BCUT2D eigenvalue weighted by Crippen LogP contribution is 2.39. The molecule has 2 N–H and O–H groups in total. The van der Waals surface area contributed by atoms with Gasteiger partial charge in [-0.05, 0) is 43.2 Å². The molecule has 0 spiro atoms. The van der Waals surface area contributed by atoms with E-state index in [0.717, 1.165) is 12.8 Å². The fourth-order valence-electron chi connectivity index (χ4n) is 2.96. The maximum absolute atomic E-state index is 6.14. The van der Waals surface area contributed by atoms with E-state index in [1.807, 2.05) is 0 Å². The molecular formula is C16H23N. The van der Waals surface area contributed by atoms with Gasteiger partial charge in [0.05, 0.1) is 0 Å². The van der Waals surface area contributed by atoms with Crippen LogP contribution in [0.25, 0.3) is 5.57 Å². The summed E-state index contributed by atoms with van der Waals surface area (Å²) in [5, 5.41) is 0. The molecular weight excluding hydrogens is 206 g/mol. The summed E-state index contributed by atoms with van der Waals surface area (Å²) in [5.41, 5.74) is 11.9. The summed E-state index contributed by atoms with van der Waals surface area (Å²) in [5.74, 6) is 0. The lowest BCUT2D eigenvalue weighted by Crippen LogP contribution is -2.30. The molecule has 17 heavy (non-hydrogen) atoms. The molecule has 2 rings (SSSR count). The summed E-state index contributed by atoms with van der Waals surface area (Å²) in [6.45, 7) is 8.93. The zero-order valence-corrected chi connectivity index (χ0v) is 11.4. The minimum absolute atomic E-state index is 0.203. The third-order valence-corrected chi connectivity index (χ3v) is 3.47. The van der Waals surface area contributed by atoms with Crippen LogP contribution >= 0.6 is 0 Å². The van der Waals surface area contributed by atoms with Gasteiger partial charge < -0.3 is 5.73 Å². The number of rotatable bonds is 1. The first kappa shape index (κ1) is 12.4. The third-order valence-electron chi connectivity index (χ3n) is 3.47. The van der Waals surface area contributed by atoms with E-state index in [1.54, 1.807) is 0 Å². The minimum Gasteiger partial charge on any atom is -0.324 e. The smallest absolute Gasteiger partial charge is 0.0234 e. The van der Waals surface area contributed by atoms with Crippen molar-refractivity contribution in [2.75, 3.05) is 0 Å². The highest BCUT2D eigenvalue weighted by Gasteiger charge is 2.27. The van der Waals surface area contributed by atoms with Gasteiger partial charge in [0.15, 0.2) is 0 Å². The van der Waals surface area contributed by atoms with Gasteiger partial charge in [0.1, 0.15) is 0 Å². The Bertz CT molecular complexity index is 434. The topological polar surface area (TPSA) is 26.0 Å². The van der Waals surface area contributed by atoms with Gasteiger partial charge in [-0.15, -0.1) is 0 Å². The fraction of sp³-hybridized carbons (Fsp3) is 0.500. The molecule has 0 aromatic heterocycles. The Kier molecular flexibility index (Phi) is 3.13. The van der Waals surface area contributed by atoms with E-state index >= 15 is 0 Å². The van der Waals surface area contributed by atoms with E-state index in [4.69, 9.17) is 5.73 Å². The van der Waals surface area contributed by atoms with Crippen LogP contribution in [0.5, 0.6) is 0 Å². The van der Waals surface area contributed by atoms with Crippen LogP contribution in [0.2, 0.25) is 0 Å². The third kappa shape index (κ3) is 2.98. The van der Waals surface area contributed by atoms with Crippen molar-refractivity contribution >= 4 is 5.57 Å². The Hall–Kier alpha value is -1.08. The Balaban J connectivity index is 2.39. The maximum atomic E-state index is 6.14. The van der Waals surface area contributed by atoms with Crippen molar-refractivity contribution in [3.8, 4) is 0 Å². The molecule has 1 unspecified atom stereocenters. The second-order valence-corrected chi connectivity index (χ2v) is 6.28. The van der Waals surface area contributed by atoms with Crippen LogP contribution in [0, 0.1) is 19.3 Å². The highest BCUT2D eigenvalue weighted by molar-refractivity contribution is 5.68. The number of aryl methyl sites for hydroxylation is 2. The molecule has 0 heterocycles. The Morgan fingerprint density at radius 1 is 1.12 bits per heavy atom. The van der Waals surface area contributed by atoms with Crippen LogP contribution in [0.3, 0.4) is 0 Å². The average molecular weight is 229 g/mol. The van der Waals surface area contributed by atoms with Gasteiger partial charge in [0.25, 0.3) is 0 Å². The van der Waals surface area contributed by atoms with Crippen LogP contribution < -0.4 is 5.73 Å². The summed E-state index contributed by atoms with van der Waals surface area (Å²) in [6.07, 6.45) is 4.46.